The smallest absolute Gasteiger partial charge is 0.222 e. The second-order valence-corrected chi connectivity index (χ2v) is 7.43. The van der Waals surface area contributed by atoms with Gasteiger partial charge in [-0.05, 0) is 31.2 Å². The molecule has 0 bridgehead atoms. The number of rotatable bonds is 3. The van der Waals surface area contributed by atoms with Crippen LogP contribution in [0.4, 0.5) is 0 Å². The normalized spacial score (nSPS) is 22.4. The van der Waals surface area contributed by atoms with Gasteiger partial charge in [-0.3, -0.25) is 9.78 Å². The summed E-state index contributed by atoms with van der Waals surface area (Å²) in [6, 6.07) is 1.96. The summed E-state index contributed by atoms with van der Waals surface area (Å²) in [5.41, 5.74) is 2.06. The molecule has 1 unspecified atom stereocenters. The Morgan fingerprint density at radius 1 is 1.25 bits per heavy atom. The van der Waals surface area contributed by atoms with Gasteiger partial charge >= 0.3 is 0 Å². The lowest BCUT2D eigenvalue weighted by molar-refractivity contribution is -0.131. The molecule has 2 fully saturated rings. The summed E-state index contributed by atoms with van der Waals surface area (Å²) in [6.07, 6.45) is 11.8. The lowest BCUT2D eigenvalue weighted by atomic mass is 9.87. The van der Waals surface area contributed by atoms with Crippen molar-refractivity contribution in [3.8, 4) is 0 Å². The number of pyridine rings is 1. The Balaban J connectivity index is 1.43. The van der Waals surface area contributed by atoms with Crippen LogP contribution >= 0.6 is 0 Å². The molecule has 5 heteroatoms. The summed E-state index contributed by atoms with van der Waals surface area (Å²) < 4.78 is 2.14. The molecule has 24 heavy (non-hydrogen) atoms. The quantitative estimate of drug-likeness (QED) is 0.870. The van der Waals surface area contributed by atoms with E-state index in [0.717, 1.165) is 42.8 Å². The van der Waals surface area contributed by atoms with Crippen LogP contribution in [0.1, 0.15) is 56.7 Å². The van der Waals surface area contributed by atoms with E-state index in [1.807, 2.05) is 12.3 Å². The molecule has 0 spiro atoms. The van der Waals surface area contributed by atoms with Gasteiger partial charge in [0.15, 0.2) is 0 Å². The zero-order valence-electron chi connectivity index (χ0n) is 14.4. The van der Waals surface area contributed by atoms with Crippen molar-refractivity contribution in [3.63, 3.8) is 0 Å². The summed E-state index contributed by atoms with van der Waals surface area (Å²) in [4.78, 5) is 23.7. The minimum absolute atomic E-state index is 0.345. The molecule has 1 aliphatic heterocycles. The minimum atomic E-state index is 0.345. The largest absolute Gasteiger partial charge is 0.342 e. The van der Waals surface area contributed by atoms with E-state index in [9.17, 15) is 4.79 Å². The third-order valence-corrected chi connectivity index (χ3v) is 5.81. The van der Waals surface area contributed by atoms with Gasteiger partial charge in [0.2, 0.25) is 5.91 Å². The van der Waals surface area contributed by atoms with Gasteiger partial charge in [0.25, 0.3) is 0 Å². The van der Waals surface area contributed by atoms with Crippen LogP contribution in [0.3, 0.4) is 0 Å². The summed E-state index contributed by atoms with van der Waals surface area (Å²) in [6.45, 7) is 1.69. The third-order valence-electron chi connectivity index (χ3n) is 5.81. The van der Waals surface area contributed by atoms with Crippen molar-refractivity contribution in [1.82, 2.24) is 19.4 Å². The van der Waals surface area contributed by atoms with Crippen LogP contribution in [0.15, 0.2) is 18.5 Å². The van der Waals surface area contributed by atoms with Crippen molar-refractivity contribution in [1.29, 1.82) is 0 Å². The van der Waals surface area contributed by atoms with Crippen LogP contribution in [-0.2, 0) is 11.8 Å². The molecule has 2 aliphatic rings. The molecule has 1 saturated carbocycles. The molecule has 0 radical (unpaired) electrons. The van der Waals surface area contributed by atoms with Crippen molar-refractivity contribution in [2.24, 2.45) is 13.0 Å². The second kappa shape index (κ2) is 6.54. The maximum atomic E-state index is 12.6. The minimum Gasteiger partial charge on any atom is -0.342 e. The highest BCUT2D eigenvalue weighted by atomic mass is 16.2. The van der Waals surface area contributed by atoms with E-state index in [-0.39, 0.29) is 0 Å². The second-order valence-electron chi connectivity index (χ2n) is 7.43. The Kier molecular flexibility index (Phi) is 4.25. The van der Waals surface area contributed by atoms with E-state index in [0.29, 0.717) is 17.7 Å². The fourth-order valence-corrected chi connectivity index (χ4v) is 4.38. The molecule has 1 amide bonds. The Morgan fingerprint density at radius 2 is 2.08 bits per heavy atom. The van der Waals surface area contributed by atoms with Gasteiger partial charge in [0.1, 0.15) is 5.82 Å². The molecule has 2 aromatic rings. The first-order valence-corrected chi connectivity index (χ1v) is 9.26. The molecule has 1 atom stereocenters. The van der Waals surface area contributed by atoms with Crippen molar-refractivity contribution in [2.45, 2.75) is 50.9 Å². The van der Waals surface area contributed by atoms with Crippen molar-refractivity contribution in [2.75, 3.05) is 13.1 Å². The molecule has 0 N–H and O–H groups in total. The number of nitrogens with zero attached hydrogens (tertiary/aromatic N) is 4. The van der Waals surface area contributed by atoms with Crippen LogP contribution in [0, 0.1) is 5.92 Å². The van der Waals surface area contributed by atoms with Crippen molar-refractivity contribution >= 4 is 16.9 Å². The summed E-state index contributed by atoms with van der Waals surface area (Å²) in [5.74, 6) is 2.40. The molecule has 0 aromatic carbocycles. The first-order chi connectivity index (χ1) is 11.7. The topological polar surface area (TPSA) is 51.0 Å². The predicted molar refractivity (Wildman–Crippen MR) is 93.6 cm³/mol. The molecule has 1 saturated heterocycles. The summed E-state index contributed by atoms with van der Waals surface area (Å²) >= 11 is 0. The van der Waals surface area contributed by atoms with E-state index >= 15 is 0 Å². The monoisotopic (exact) mass is 326 g/mol. The summed E-state index contributed by atoms with van der Waals surface area (Å²) in [7, 11) is 2.05. The van der Waals surface area contributed by atoms with Gasteiger partial charge < -0.3 is 9.47 Å². The Labute approximate surface area is 143 Å². The van der Waals surface area contributed by atoms with Crippen LogP contribution in [0.25, 0.3) is 11.0 Å². The van der Waals surface area contributed by atoms with Crippen LogP contribution in [-0.4, -0.2) is 38.4 Å². The maximum Gasteiger partial charge on any atom is 0.222 e. The van der Waals surface area contributed by atoms with E-state index in [1.54, 1.807) is 6.20 Å². The molecular formula is C19H26N4O. The van der Waals surface area contributed by atoms with Crippen molar-refractivity contribution in [3.05, 3.63) is 24.3 Å². The van der Waals surface area contributed by atoms with Crippen molar-refractivity contribution < 1.29 is 4.79 Å². The highest BCUT2D eigenvalue weighted by molar-refractivity contribution is 5.77. The number of aryl methyl sites for hydroxylation is 1. The first kappa shape index (κ1) is 15.6. The Morgan fingerprint density at radius 3 is 2.88 bits per heavy atom. The van der Waals surface area contributed by atoms with E-state index in [2.05, 4.69) is 21.5 Å². The van der Waals surface area contributed by atoms with E-state index in [1.165, 1.54) is 32.1 Å². The summed E-state index contributed by atoms with van der Waals surface area (Å²) in [5, 5.41) is 0. The highest BCUT2D eigenvalue weighted by Gasteiger charge is 2.31. The average molecular weight is 326 g/mol. The first-order valence-electron chi connectivity index (χ1n) is 9.26. The number of aromatic nitrogens is 3. The number of amides is 1. The van der Waals surface area contributed by atoms with E-state index in [4.69, 9.17) is 4.98 Å². The Hall–Kier alpha value is -1.91. The molecule has 4 rings (SSSR count). The zero-order chi connectivity index (χ0) is 16.5. The van der Waals surface area contributed by atoms with Crippen LogP contribution < -0.4 is 0 Å². The SMILES string of the molecule is Cn1c(C2CCN(C(=O)CC3CCCCC3)C2)nc2ccncc21. The van der Waals surface area contributed by atoms with Gasteiger partial charge in [-0.1, -0.05) is 19.3 Å². The maximum absolute atomic E-state index is 12.6. The number of carbonyl (C=O) groups is 1. The number of carbonyl (C=O) groups excluding carboxylic acids is 1. The van der Waals surface area contributed by atoms with Crippen LogP contribution in [0.2, 0.25) is 0 Å². The third kappa shape index (κ3) is 2.92. The highest BCUT2D eigenvalue weighted by Crippen LogP contribution is 2.31. The standard InChI is InChI=1S/C19H26N4O/c1-22-17-12-20-9-7-16(17)21-19(22)15-8-10-23(13-15)18(24)11-14-5-3-2-4-6-14/h7,9,12,14-15H,2-6,8,10-11,13H2,1H3. The molecule has 1 aliphatic carbocycles. The number of likely N-dealkylation sites (tertiary alicyclic amines) is 1. The number of imidazole rings is 1. The molecular weight excluding hydrogens is 300 g/mol. The van der Waals surface area contributed by atoms with Gasteiger partial charge in [0.05, 0.1) is 17.2 Å². The number of hydrogen-bond donors (Lipinski definition) is 0. The number of hydrogen-bond acceptors (Lipinski definition) is 3. The van der Waals surface area contributed by atoms with Gasteiger partial charge in [0, 0.05) is 38.7 Å². The Bertz CT molecular complexity index is 732. The van der Waals surface area contributed by atoms with E-state index < -0.39 is 0 Å². The van der Waals surface area contributed by atoms with Crippen LogP contribution in [0.5, 0.6) is 0 Å². The lowest BCUT2D eigenvalue weighted by Gasteiger charge is -2.24. The zero-order valence-corrected chi connectivity index (χ0v) is 14.4. The molecule has 2 aromatic heterocycles. The van der Waals surface area contributed by atoms with Gasteiger partial charge in [-0.2, -0.15) is 0 Å². The average Bonchev–Trinajstić information content (AvgIpc) is 3.21. The lowest BCUT2D eigenvalue weighted by Crippen LogP contribution is -2.30. The van der Waals surface area contributed by atoms with Gasteiger partial charge in [-0.15, -0.1) is 0 Å². The molecule has 128 valence electrons. The molecule has 5 nitrogen and oxygen atoms in total. The fraction of sp³-hybridized carbons (Fsp3) is 0.632. The van der Waals surface area contributed by atoms with Gasteiger partial charge in [-0.25, -0.2) is 4.98 Å². The molecule has 3 heterocycles. The number of fused-ring (bicyclic) bond motifs is 1. The fourth-order valence-electron chi connectivity index (χ4n) is 4.38. The predicted octanol–water partition coefficient (Wildman–Crippen LogP) is 3.25.